The molecule has 8 heteroatoms. The number of carbonyl (C=O) groups excluding carboxylic acids is 2. The Hall–Kier alpha value is -4.27. The Kier molecular flexibility index (Phi) is 7.92. The summed E-state index contributed by atoms with van der Waals surface area (Å²) in [6.07, 6.45) is 0. The van der Waals surface area contributed by atoms with Crippen molar-refractivity contribution in [2.24, 2.45) is 0 Å². The van der Waals surface area contributed by atoms with E-state index in [1.165, 1.54) is 41.3 Å². The average molecular weight is 540 g/mol. The predicted molar refractivity (Wildman–Crippen MR) is 152 cm³/mol. The summed E-state index contributed by atoms with van der Waals surface area (Å²) in [7, 11) is 0. The van der Waals surface area contributed by atoms with Crippen LogP contribution in [0.25, 0.3) is 11.3 Å². The van der Waals surface area contributed by atoms with E-state index in [-0.39, 0.29) is 11.5 Å². The molecule has 1 heterocycles. The van der Waals surface area contributed by atoms with Crippen molar-refractivity contribution in [1.82, 2.24) is 4.98 Å². The maximum Gasteiger partial charge on any atom is 0.258 e. The minimum atomic E-state index is -0.579. The Morgan fingerprint density at radius 2 is 1.45 bits per heavy atom. The quantitative estimate of drug-likeness (QED) is 0.199. The van der Waals surface area contributed by atoms with Crippen molar-refractivity contribution < 1.29 is 14.0 Å². The van der Waals surface area contributed by atoms with Crippen molar-refractivity contribution in [3.63, 3.8) is 0 Å². The van der Waals surface area contributed by atoms with Crippen LogP contribution in [0, 0.1) is 5.82 Å². The summed E-state index contributed by atoms with van der Waals surface area (Å²) in [6.45, 7) is 0. The van der Waals surface area contributed by atoms with E-state index >= 15 is 0 Å². The van der Waals surface area contributed by atoms with Gasteiger partial charge in [0.05, 0.1) is 11.3 Å². The van der Waals surface area contributed by atoms with Gasteiger partial charge in [-0.25, -0.2) is 9.37 Å². The van der Waals surface area contributed by atoms with Crippen LogP contribution in [0.4, 0.5) is 15.2 Å². The fourth-order valence-electron chi connectivity index (χ4n) is 3.74. The van der Waals surface area contributed by atoms with Crippen molar-refractivity contribution in [3.8, 4) is 11.3 Å². The molecular formula is C30H22FN3O2S2. The first kappa shape index (κ1) is 25.4. The summed E-state index contributed by atoms with van der Waals surface area (Å²) in [5.74, 6) is -1.29. The number of nitrogens with zero attached hydrogens (tertiary/aromatic N) is 1. The first-order valence-electron chi connectivity index (χ1n) is 11.8. The molecule has 0 bridgehead atoms. The number of thiazole rings is 1. The third kappa shape index (κ3) is 6.16. The predicted octanol–water partition coefficient (Wildman–Crippen LogP) is 7.67. The van der Waals surface area contributed by atoms with E-state index in [1.807, 2.05) is 78.2 Å². The summed E-state index contributed by atoms with van der Waals surface area (Å²) in [5, 5.41) is 7.60. The Bertz CT molecular complexity index is 1540. The van der Waals surface area contributed by atoms with Gasteiger partial charge >= 0.3 is 0 Å². The molecule has 0 aliphatic heterocycles. The van der Waals surface area contributed by atoms with E-state index in [2.05, 4.69) is 15.6 Å². The van der Waals surface area contributed by atoms with Gasteiger partial charge in [0.25, 0.3) is 5.91 Å². The second-order valence-electron chi connectivity index (χ2n) is 8.26. The first-order chi connectivity index (χ1) is 18.6. The van der Waals surface area contributed by atoms with Gasteiger partial charge in [-0.2, -0.15) is 0 Å². The van der Waals surface area contributed by atoms with Crippen LogP contribution in [0.5, 0.6) is 0 Å². The second-order valence-corrected chi connectivity index (χ2v) is 10.3. The van der Waals surface area contributed by atoms with Gasteiger partial charge < -0.3 is 10.6 Å². The van der Waals surface area contributed by atoms with Crippen LogP contribution in [0.1, 0.15) is 21.2 Å². The average Bonchev–Trinajstić information content (AvgIpc) is 3.42. The number of hydrogen-bond donors (Lipinski definition) is 2. The summed E-state index contributed by atoms with van der Waals surface area (Å²) in [5.41, 5.74) is 3.15. The monoisotopic (exact) mass is 539 g/mol. The van der Waals surface area contributed by atoms with Crippen molar-refractivity contribution in [3.05, 3.63) is 132 Å². The second kappa shape index (κ2) is 11.9. The number of anilines is 2. The van der Waals surface area contributed by atoms with Crippen LogP contribution < -0.4 is 10.6 Å². The van der Waals surface area contributed by atoms with E-state index < -0.39 is 17.0 Å². The van der Waals surface area contributed by atoms with Crippen molar-refractivity contribution >= 4 is 45.7 Å². The highest BCUT2D eigenvalue weighted by Crippen LogP contribution is 2.37. The van der Waals surface area contributed by atoms with Crippen molar-refractivity contribution in [2.45, 2.75) is 10.1 Å². The molecule has 1 aromatic heterocycles. The number of carbonyl (C=O) groups is 2. The smallest absolute Gasteiger partial charge is 0.258 e. The lowest BCUT2D eigenvalue weighted by Gasteiger charge is -2.16. The normalized spacial score (nSPS) is 11.5. The Labute approximate surface area is 227 Å². The number of rotatable bonds is 8. The molecule has 5 rings (SSSR count). The van der Waals surface area contributed by atoms with Crippen LogP contribution in [0.15, 0.2) is 119 Å². The molecule has 5 aromatic rings. The molecule has 0 radical (unpaired) electrons. The number of nitrogens with one attached hydrogen (secondary N) is 2. The summed E-state index contributed by atoms with van der Waals surface area (Å²) < 4.78 is 13.9. The summed E-state index contributed by atoms with van der Waals surface area (Å²) in [4.78, 5) is 31.2. The highest BCUT2D eigenvalue weighted by Gasteiger charge is 2.23. The molecule has 0 saturated carbocycles. The molecule has 4 aromatic carbocycles. The third-order valence-electron chi connectivity index (χ3n) is 5.63. The van der Waals surface area contributed by atoms with E-state index in [0.29, 0.717) is 10.8 Å². The minimum Gasteiger partial charge on any atom is -0.322 e. The molecule has 0 aliphatic carbocycles. The van der Waals surface area contributed by atoms with Gasteiger partial charge in [0.1, 0.15) is 11.1 Å². The number of aromatic nitrogens is 1. The fourth-order valence-corrected chi connectivity index (χ4v) is 5.49. The fraction of sp³-hybridized carbons (Fsp3) is 0.0333. The van der Waals surface area contributed by atoms with Crippen LogP contribution in [0.3, 0.4) is 0 Å². The Balaban J connectivity index is 1.30. The van der Waals surface area contributed by atoms with Gasteiger partial charge in [-0.15, -0.1) is 23.1 Å². The van der Waals surface area contributed by atoms with Crippen molar-refractivity contribution in [1.29, 1.82) is 0 Å². The zero-order chi connectivity index (χ0) is 26.3. The molecule has 2 amide bonds. The first-order valence-corrected chi connectivity index (χ1v) is 13.5. The topological polar surface area (TPSA) is 71.1 Å². The molecule has 0 saturated heterocycles. The van der Waals surface area contributed by atoms with E-state index in [9.17, 15) is 14.0 Å². The molecule has 2 N–H and O–H groups in total. The molecule has 1 unspecified atom stereocenters. The van der Waals surface area contributed by atoms with Gasteiger partial charge in [0.2, 0.25) is 5.91 Å². The maximum absolute atomic E-state index is 13.9. The van der Waals surface area contributed by atoms with E-state index in [4.69, 9.17) is 0 Å². The van der Waals surface area contributed by atoms with Crippen molar-refractivity contribution in [2.75, 3.05) is 10.6 Å². The number of amides is 2. The third-order valence-corrected chi connectivity index (χ3v) is 7.65. The van der Waals surface area contributed by atoms with E-state index in [1.54, 1.807) is 18.2 Å². The lowest BCUT2D eigenvalue weighted by Crippen LogP contribution is -2.19. The van der Waals surface area contributed by atoms with Gasteiger partial charge in [0.15, 0.2) is 5.13 Å². The zero-order valence-electron chi connectivity index (χ0n) is 20.0. The van der Waals surface area contributed by atoms with Crippen LogP contribution in [-0.2, 0) is 4.79 Å². The molecule has 0 fully saturated rings. The van der Waals surface area contributed by atoms with Gasteiger partial charge in [-0.05, 0) is 42.0 Å². The van der Waals surface area contributed by atoms with E-state index in [0.717, 1.165) is 21.7 Å². The Morgan fingerprint density at radius 1 is 0.789 bits per heavy atom. The molecule has 188 valence electrons. The Morgan fingerprint density at radius 3 is 2.16 bits per heavy atom. The zero-order valence-corrected chi connectivity index (χ0v) is 21.6. The lowest BCUT2D eigenvalue weighted by atomic mass is 10.1. The lowest BCUT2D eigenvalue weighted by molar-refractivity contribution is -0.115. The molecule has 5 nitrogen and oxygen atoms in total. The van der Waals surface area contributed by atoms with Crippen LogP contribution in [-0.4, -0.2) is 16.8 Å². The van der Waals surface area contributed by atoms with Crippen LogP contribution in [0.2, 0.25) is 0 Å². The van der Waals surface area contributed by atoms with Crippen LogP contribution >= 0.6 is 23.1 Å². The van der Waals surface area contributed by atoms with Gasteiger partial charge in [0, 0.05) is 21.5 Å². The largest absolute Gasteiger partial charge is 0.322 e. The number of benzene rings is 4. The summed E-state index contributed by atoms with van der Waals surface area (Å²) >= 11 is 2.77. The highest BCUT2D eigenvalue weighted by atomic mass is 32.2. The number of hydrogen-bond acceptors (Lipinski definition) is 5. The molecule has 0 aliphatic rings. The summed E-state index contributed by atoms with van der Waals surface area (Å²) in [6, 6.07) is 32.3. The minimum absolute atomic E-state index is 0.0237. The van der Waals surface area contributed by atoms with Gasteiger partial charge in [-0.3, -0.25) is 9.59 Å². The number of thioether (sulfide) groups is 1. The molecule has 38 heavy (non-hydrogen) atoms. The van der Waals surface area contributed by atoms with Gasteiger partial charge in [-0.1, -0.05) is 72.8 Å². The SMILES string of the molecule is O=C(Nc1ccc(SC(C(=O)Nc2nc(-c3ccccc3)cs2)c2ccccc2)cc1)c1ccccc1F. The standard InChI is InChI=1S/C30H22FN3O2S2/c31-25-14-8-7-13-24(25)28(35)32-22-15-17-23(18-16-22)38-27(21-11-5-2-6-12-21)29(36)34-30-33-26(19-37-30)20-9-3-1-4-10-20/h1-19,27H,(H,32,35)(H,33,34,36). The highest BCUT2D eigenvalue weighted by molar-refractivity contribution is 8.00. The molecule has 1 atom stereocenters. The maximum atomic E-state index is 13.9. The number of halogens is 1. The molecular weight excluding hydrogens is 517 g/mol. The molecule has 0 spiro atoms.